The van der Waals surface area contributed by atoms with E-state index >= 15 is 0 Å². The second-order valence-electron chi connectivity index (χ2n) is 3.71. The number of halogens is 6. The number of aromatic nitrogens is 3. The fourth-order valence-electron chi connectivity index (χ4n) is 1.33. The minimum Gasteiger partial charge on any atom is -0.314 e. The molecule has 1 rings (SSSR count). The molecular weight excluding hydrogens is 252 g/mol. The highest BCUT2D eigenvalue weighted by Crippen LogP contribution is 2.45. The Hall–Kier alpha value is -1.28. The zero-order valence-corrected chi connectivity index (χ0v) is 8.84. The molecule has 17 heavy (non-hydrogen) atoms. The predicted molar refractivity (Wildman–Crippen MR) is 45.3 cm³/mol. The standard InChI is InChI=1S/C8H9F6N3/c1-4(2)17-3-15-16-6(17)5(7(9,10)11)8(12,13)14/h3-5H,1-2H3. The summed E-state index contributed by atoms with van der Waals surface area (Å²) < 4.78 is 75.3. The van der Waals surface area contributed by atoms with Crippen LogP contribution in [0.2, 0.25) is 0 Å². The van der Waals surface area contributed by atoms with E-state index in [1.807, 2.05) is 0 Å². The normalized spacial score (nSPS) is 13.8. The molecule has 0 fully saturated rings. The van der Waals surface area contributed by atoms with E-state index in [0.29, 0.717) is 0 Å². The van der Waals surface area contributed by atoms with E-state index in [0.717, 1.165) is 10.9 Å². The van der Waals surface area contributed by atoms with Gasteiger partial charge >= 0.3 is 12.4 Å². The van der Waals surface area contributed by atoms with Gasteiger partial charge in [-0.15, -0.1) is 10.2 Å². The van der Waals surface area contributed by atoms with Gasteiger partial charge in [0.15, 0.2) is 5.82 Å². The van der Waals surface area contributed by atoms with E-state index in [1.165, 1.54) is 13.8 Å². The molecule has 1 aromatic rings. The van der Waals surface area contributed by atoms with Crippen LogP contribution in [0.4, 0.5) is 26.3 Å². The van der Waals surface area contributed by atoms with Crippen LogP contribution in [0.1, 0.15) is 31.6 Å². The van der Waals surface area contributed by atoms with Crippen LogP contribution in [0.5, 0.6) is 0 Å². The fourth-order valence-corrected chi connectivity index (χ4v) is 1.33. The third-order valence-corrected chi connectivity index (χ3v) is 2.07. The Labute approximate surface area is 92.4 Å². The van der Waals surface area contributed by atoms with E-state index in [4.69, 9.17) is 0 Å². The van der Waals surface area contributed by atoms with Gasteiger partial charge in [0.25, 0.3) is 0 Å². The Kier molecular flexibility index (Phi) is 3.40. The van der Waals surface area contributed by atoms with E-state index < -0.39 is 30.1 Å². The first kappa shape index (κ1) is 13.8. The summed E-state index contributed by atoms with van der Waals surface area (Å²) in [6.45, 7) is 2.88. The van der Waals surface area contributed by atoms with Crippen LogP contribution < -0.4 is 0 Å². The molecule has 98 valence electrons. The summed E-state index contributed by atoms with van der Waals surface area (Å²) in [5, 5.41) is 6.05. The lowest BCUT2D eigenvalue weighted by Gasteiger charge is -2.23. The third-order valence-electron chi connectivity index (χ3n) is 2.07. The average Bonchev–Trinajstić information content (AvgIpc) is 2.46. The van der Waals surface area contributed by atoms with Crippen molar-refractivity contribution in [3.8, 4) is 0 Å². The Bertz CT molecular complexity index is 363. The largest absolute Gasteiger partial charge is 0.407 e. The second-order valence-corrected chi connectivity index (χ2v) is 3.71. The molecule has 3 nitrogen and oxygen atoms in total. The van der Waals surface area contributed by atoms with Crippen molar-refractivity contribution >= 4 is 0 Å². The Balaban J connectivity index is 3.29. The molecular formula is C8H9F6N3. The molecule has 0 unspecified atom stereocenters. The summed E-state index contributed by atoms with van der Waals surface area (Å²) in [4.78, 5) is 0. The van der Waals surface area contributed by atoms with Crippen molar-refractivity contribution in [2.75, 3.05) is 0 Å². The number of nitrogens with zero attached hydrogens (tertiary/aromatic N) is 3. The quantitative estimate of drug-likeness (QED) is 0.766. The summed E-state index contributed by atoms with van der Waals surface area (Å²) in [6, 6.07) is -0.591. The smallest absolute Gasteiger partial charge is 0.314 e. The molecule has 0 bridgehead atoms. The molecule has 0 N–H and O–H groups in total. The van der Waals surface area contributed by atoms with E-state index in [-0.39, 0.29) is 0 Å². The monoisotopic (exact) mass is 261 g/mol. The van der Waals surface area contributed by atoms with Gasteiger partial charge in [0.05, 0.1) is 0 Å². The number of rotatable bonds is 2. The van der Waals surface area contributed by atoms with Gasteiger partial charge in [-0.3, -0.25) is 0 Å². The van der Waals surface area contributed by atoms with E-state index in [2.05, 4.69) is 10.2 Å². The van der Waals surface area contributed by atoms with Crippen molar-refractivity contribution in [2.45, 2.75) is 38.2 Å². The lowest BCUT2D eigenvalue weighted by atomic mass is 10.1. The van der Waals surface area contributed by atoms with Crippen molar-refractivity contribution in [1.29, 1.82) is 0 Å². The van der Waals surface area contributed by atoms with Crippen molar-refractivity contribution in [2.24, 2.45) is 0 Å². The maximum atomic E-state index is 12.4. The molecule has 0 aliphatic carbocycles. The van der Waals surface area contributed by atoms with Crippen LogP contribution in [0.3, 0.4) is 0 Å². The molecule has 0 aromatic carbocycles. The van der Waals surface area contributed by atoms with Crippen LogP contribution in [0.15, 0.2) is 6.33 Å². The predicted octanol–water partition coefficient (Wildman–Crippen LogP) is 3.07. The summed E-state index contributed by atoms with van der Waals surface area (Å²) in [6.07, 6.45) is -10.0. The number of hydrogen-bond donors (Lipinski definition) is 0. The van der Waals surface area contributed by atoms with Gasteiger partial charge < -0.3 is 4.57 Å². The molecule has 0 radical (unpaired) electrons. The van der Waals surface area contributed by atoms with Crippen LogP contribution >= 0.6 is 0 Å². The molecule has 0 atom stereocenters. The van der Waals surface area contributed by atoms with Crippen molar-refractivity contribution in [3.63, 3.8) is 0 Å². The van der Waals surface area contributed by atoms with Crippen molar-refractivity contribution in [3.05, 3.63) is 12.2 Å². The van der Waals surface area contributed by atoms with Crippen molar-refractivity contribution < 1.29 is 26.3 Å². The van der Waals surface area contributed by atoms with E-state index in [1.54, 1.807) is 0 Å². The highest BCUT2D eigenvalue weighted by molar-refractivity contribution is 5.05. The molecule has 0 spiro atoms. The zero-order valence-electron chi connectivity index (χ0n) is 8.84. The van der Waals surface area contributed by atoms with Gasteiger partial charge in [0.1, 0.15) is 6.33 Å². The summed E-state index contributed by atoms with van der Waals surface area (Å²) >= 11 is 0. The first-order chi connectivity index (χ1) is 7.55. The Morgan fingerprint density at radius 1 is 1.06 bits per heavy atom. The summed E-state index contributed by atoms with van der Waals surface area (Å²) in [5.74, 6) is -4.75. The first-order valence-electron chi connectivity index (χ1n) is 4.58. The zero-order chi connectivity index (χ0) is 13.4. The minimum atomic E-state index is -5.45. The fraction of sp³-hybridized carbons (Fsp3) is 0.750. The van der Waals surface area contributed by atoms with Gasteiger partial charge in [-0.2, -0.15) is 26.3 Å². The lowest BCUT2D eigenvalue weighted by molar-refractivity contribution is -0.256. The van der Waals surface area contributed by atoms with Crippen LogP contribution in [0.25, 0.3) is 0 Å². The lowest BCUT2D eigenvalue weighted by Crippen LogP contribution is -2.36. The summed E-state index contributed by atoms with van der Waals surface area (Å²) in [5.41, 5.74) is 0. The third kappa shape index (κ3) is 2.89. The topological polar surface area (TPSA) is 30.7 Å². The SMILES string of the molecule is CC(C)n1cnnc1C(C(F)(F)F)C(F)(F)F. The Morgan fingerprint density at radius 3 is 1.88 bits per heavy atom. The summed E-state index contributed by atoms with van der Waals surface area (Å²) in [7, 11) is 0. The second kappa shape index (κ2) is 4.19. The first-order valence-corrected chi connectivity index (χ1v) is 4.58. The van der Waals surface area contributed by atoms with Gasteiger partial charge in [0.2, 0.25) is 5.92 Å². The highest BCUT2D eigenvalue weighted by atomic mass is 19.4. The molecule has 0 aliphatic heterocycles. The van der Waals surface area contributed by atoms with E-state index in [9.17, 15) is 26.3 Å². The van der Waals surface area contributed by atoms with Gasteiger partial charge in [0, 0.05) is 6.04 Å². The van der Waals surface area contributed by atoms with Crippen LogP contribution in [0, 0.1) is 0 Å². The van der Waals surface area contributed by atoms with Crippen molar-refractivity contribution in [1.82, 2.24) is 14.8 Å². The minimum absolute atomic E-state index is 0.591. The highest BCUT2D eigenvalue weighted by Gasteiger charge is 2.60. The maximum absolute atomic E-state index is 12.4. The molecule has 1 aromatic heterocycles. The van der Waals surface area contributed by atoms with Crippen LogP contribution in [-0.2, 0) is 0 Å². The Morgan fingerprint density at radius 2 is 1.53 bits per heavy atom. The average molecular weight is 261 g/mol. The molecule has 1 heterocycles. The maximum Gasteiger partial charge on any atom is 0.407 e. The van der Waals surface area contributed by atoms with Gasteiger partial charge in [-0.1, -0.05) is 0 Å². The molecule has 0 aliphatic rings. The molecule has 9 heteroatoms. The van der Waals surface area contributed by atoms with Gasteiger partial charge in [-0.05, 0) is 13.8 Å². The number of alkyl halides is 6. The van der Waals surface area contributed by atoms with Crippen LogP contribution in [-0.4, -0.2) is 27.1 Å². The number of hydrogen-bond acceptors (Lipinski definition) is 2. The van der Waals surface area contributed by atoms with Gasteiger partial charge in [-0.25, -0.2) is 0 Å². The molecule has 0 saturated carbocycles. The molecule has 0 saturated heterocycles. The molecule has 0 amide bonds.